The van der Waals surface area contributed by atoms with Crippen LogP contribution < -0.4 is 14.4 Å². The van der Waals surface area contributed by atoms with Gasteiger partial charge in [-0.15, -0.1) is 0 Å². The van der Waals surface area contributed by atoms with Gasteiger partial charge in [-0.25, -0.2) is 8.42 Å². The van der Waals surface area contributed by atoms with E-state index in [4.69, 9.17) is 16.3 Å². The molecule has 6 nitrogen and oxygen atoms in total. The van der Waals surface area contributed by atoms with Crippen molar-refractivity contribution in [3.63, 3.8) is 0 Å². The van der Waals surface area contributed by atoms with E-state index in [1.54, 1.807) is 36.4 Å². The third-order valence-electron chi connectivity index (χ3n) is 5.25. The molecule has 0 bridgehead atoms. The van der Waals surface area contributed by atoms with Gasteiger partial charge in [-0.2, -0.15) is 0 Å². The van der Waals surface area contributed by atoms with E-state index in [1.165, 1.54) is 12.1 Å². The molecular weight excluding hydrogens is 484 g/mol. The van der Waals surface area contributed by atoms with Crippen LogP contribution >= 0.6 is 11.6 Å². The van der Waals surface area contributed by atoms with Crippen molar-refractivity contribution < 1.29 is 17.9 Å². The van der Waals surface area contributed by atoms with Crippen LogP contribution in [0.4, 0.5) is 5.69 Å². The number of hydrogen-bond acceptors (Lipinski definition) is 4. The first-order chi connectivity index (χ1) is 16.7. The number of amides is 1. The largest absolute Gasteiger partial charge is 0.491 e. The standard InChI is InChI=1S/C27H31ClN2O4S/c1-20(2)34-23-10-6-8-22(18-23)9-7-17-29-27(31)19-30(26-12-5-4-11-25(26)28)35(32,33)24-15-13-21(3)14-16-24/h4-6,8,10-16,18,20H,7,9,17,19H2,1-3H3,(H,29,31). The molecule has 0 spiro atoms. The van der Waals surface area contributed by atoms with Gasteiger partial charge in [0.1, 0.15) is 12.3 Å². The Hall–Kier alpha value is -3.03. The van der Waals surface area contributed by atoms with Gasteiger partial charge in [-0.1, -0.05) is 53.6 Å². The number of nitrogens with one attached hydrogen (secondary N) is 1. The normalized spacial score (nSPS) is 11.3. The van der Waals surface area contributed by atoms with Gasteiger partial charge in [0.15, 0.2) is 0 Å². The summed E-state index contributed by atoms with van der Waals surface area (Å²) in [5, 5.41) is 3.08. The Bertz CT molecular complexity index is 1240. The second-order valence-corrected chi connectivity index (χ2v) is 10.8. The molecule has 0 aliphatic rings. The highest BCUT2D eigenvalue weighted by molar-refractivity contribution is 7.92. The van der Waals surface area contributed by atoms with Crippen molar-refractivity contribution in [3.8, 4) is 5.75 Å². The zero-order chi connectivity index (χ0) is 25.4. The van der Waals surface area contributed by atoms with Gasteiger partial charge in [-0.05, 0) is 75.6 Å². The molecule has 0 aromatic heterocycles. The number of para-hydroxylation sites is 1. The second kappa shape index (κ2) is 12.1. The number of aryl methyl sites for hydroxylation is 2. The molecule has 1 N–H and O–H groups in total. The Kier molecular flexibility index (Phi) is 9.18. The van der Waals surface area contributed by atoms with Crippen LogP contribution in [0.1, 0.15) is 31.4 Å². The lowest BCUT2D eigenvalue weighted by Crippen LogP contribution is -2.41. The molecule has 0 heterocycles. The first kappa shape index (κ1) is 26.6. The van der Waals surface area contributed by atoms with Crippen LogP contribution in [0.5, 0.6) is 5.75 Å². The quantitative estimate of drug-likeness (QED) is 0.348. The molecule has 0 atom stereocenters. The first-order valence-corrected chi connectivity index (χ1v) is 13.3. The van der Waals surface area contributed by atoms with Crippen molar-refractivity contribution in [2.24, 2.45) is 0 Å². The number of sulfonamides is 1. The molecule has 0 saturated carbocycles. The first-order valence-electron chi connectivity index (χ1n) is 11.5. The summed E-state index contributed by atoms with van der Waals surface area (Å²) in [6.45, 7) is 5.87. The van der Waals surface area contributed by atoms with E-state index in [0.717, 1.165) is 27.6 Å². The smallest absolute Gasteiger partial charge is 0.264 e. The predicted molar refractivity (Wildman–Crippen MR) is 141 cm³/mol. The van der Waals surface area contributed by atoms with E-state index in [0.29, 0.717) is 13.0 Å². The van der Waals surface area contributed by atoms with E-state index in [1.807, 2.05) is 45.0 Å². The molecule has 0 unspecified atom stereocenters. The van der Waals surface area contributed by atoms with Gasteiger partial charge in [-0.3, -0.25) is 9.10 Å². The second-order valence-electron chi connectivity index (χ2n) is 8.54. The molecular formula is C27H31ClN2O4S. The molecule has 0 saturated heterocycles. The predicted octanol–water partition coefficient (Wildman–Crippen LogP) is 5.38. The number of ether oxygens (including phenoxy) is 1. The number of nitrogens with zero attached hydrogens (tertiary/aromatic N) is 1. The maximum absolute atomic E-state index is 13.4. The topological polar surface area (TPSA) is 75.7 Å². The SMILES string of the molecule is Cc1ccc(S(=O)(=O)N(CC(=O)NCCCc2cccc(OC(C)C)c2)c2ccccc2Cl)cc1. The number of benzene rings is 3. The fourth-order valence-corrected chi connectivity index (χ4v) is 5.27. The third-order valence-corrected chi connectivity index (χ3v) is 7.35. The van der Waals surface area contributed by atoms with Gasteiger partial charge >= 0.3 is 0 Å². The molecule has 35 heavy (non-hydrogen) atoms. The summed E-state index contributed by atoms with van der Waals surface area (Å²) < 4.78 is 33.6. The molecule has 0 radical (unpaired) electrons. The molecule has 3 aromatic carbocycles. The summed E-state index contributed by atoms with van der Waals surface area (Å²) in [6.07, 6.45) is 1.56. The van der Waals surface area contributed by atoms with Crippen molar-refractivity contribution in [2.45, 2.75) is 44.6 Å². The van der Waals surface area contributed by atoms with E-state index in [-0.39, 0.29) is 28.3 Å². The van der Waals surface area contributed by atoms with Crippen LogP contribution in [-0.2, 0) is 21.2 Å². The molecule has 1 amide bonds. The molecule has 0 aliphatic heterocycles. The average Bonchev–Trinajstić information content (AvgIpc) is 2.81. The summed E-state index contributed by atoms with van der Waals surface area (Å²) in [6, 6.07) is 21.0. The summed E-state index contributed by atoms with van der Waals surface area (Å²) in [5.41, 5.74) is 2.30. The number of carbonyl (C=O) groups excluding carboxylic acids is 1. The lowest BCUT2D eigenvalue weighted by atomic mass is 10.1. The maximum Gasteiger partial charge on any atom is 0.264 e. The van der Waals surface area contributed by atoms with Crippen LogP contribution in [0, 0.1) is 6.92 Å². The minimum atomic E-state index is -4.00. The molecule has 0 fully saturated rings. The lowest BCUT2D eigenvalue weighted by molar-refractivity contribution is -0.119. The summed E-state index contributed by atoms with van der Waals surface area (Å²) >= 11 is 6.31. The van der Waals surface area contributed by atoms with Crippen LogP contribution in [-0.4, -0.2) is 33.5 Å². The van der Waals surface area contributed by atoms with E-state index < -0.39 is 15.9 Å². The highest BCUT2D eigenvalue weighted by Crippen LogP contribution is 2.30. The Morgan fingerprint density at radius 2 is 1.74 bits per heavy atom. The van der Waals surface area contributed by atoms with E-state index in [2.05, 4.69) is 5.32 Å². The minimum Gasteiger partial charge on any atom is -0.491 e. The molecule has 3 rings (SSSR count). The van der Waals surface area contributed by atoms with Crippen LogP contribution in [0.15, 0.2) is 77.7 Å². The van der Waals surface area contributed by atoms with Crippen molar-refractivity contribution in [2.75, 3.05) is 17.4 Å². The van der Waals surface area contributed by atoms with E-state index in [9.17, 15) is 13.2 Å². The van der Waals surface area contributed by atoms with Crippen LogP contribution in [0.3, 0.4) is 0 Å². The molecule has 0 aliphatic carbocycles. The van der Waals surface area contributed by atoms with Gasteiger partial charge in [0.2, 0.25) is 5.91 Å². The third kappa shape index (κ3) is 7.47. The van der Waals surface area contributed by atoms with Gasteiger partial charge in [0, 0.05) is 6.54 Å². The Balaban J connectivity index is 1.66. The van der Waals surface area contributed by atoms with Crippen LogP contribution in [0.2, 0.25) is 5.02 Å². The fraction of sp³-hybridized carbons (Fsp3) is 0.296. The van der Waals surface area contributed by atoms with Gasteiger partial charge < -0.3 is 10.1 Å². The zero-order valence-electron chi connectivity index (χ0n) is 20.2. The Morgan fingerprint density at radius 1 is 1.03 bits per heavy atom. The number of halogens is 1. The number of hydrogen-bond donors (Lipinski definition) is 1. The number of carbonyl (C=O) groups is 1. The van der Waals surface area contributed by atoms with Crippen molar-refractivity contribution in [3.05, 3.63) is 88.9 Å². The molecule has 3 aromatic rings. The Labute approximate surface area is 212 Å². The summed E-state index contributed by atoms with van der Waals surface area (Å²) in [7, 11) is -4.00. The van der Waals surface area contributed by atoms with Crippen molar-refractivity contribution in [1.82, 2.24) is 5.32 Å². The lowest BCUT2D eigenvalue weighted by Gasteiger charge is -2.25. The monoisotopic (exact) mass is 514 g/mol. The van der Waals surface area contributed by atoms with Crippen molar-refractivity contribution >= 4 is 33.2 Å². The van der Waals surface area contributed by atoms with E-state index >= 15 is 0 Å². The number of rotatable bonds is 11. The van der Waals surface area contributed by atoms with Crippen LogP contribution in [0.25, 0.3) is 0 Å². The van der Waals surface area contributed by atoms with Gasteiger partial charge in [0.25, 0.3) is 10.0 Å². The summed E-state index contributed by atoms with van der Waals surface area (Å²) in [4.78, 5) is 12.9. The molecule has 186 valence electrons. The van der Waals surface area contributed by atoms with Crippen molar-refractivity contribution in [1.29, 1.82) is 0 Å². The maximum atomic E-state index is 13.4. The van der Waals surface area contributed by atoms with Gasteiger partial charge in [0.05, 0.1) is 21.7 Å². The minimum absolute atomic E-state index is 0.0966. The fourth-order valence-electron chi connectivity index (χ4n) is 3.54. The average molecular weight is 515 g/mol. The molecule has 8 heteroatoms. The number of anilines is 1. The zero-order valence-corrected chi connectivity index (χ0v) is 21.8. The highest BCUT2D eigenvalue weighted by atomic mass is 35.5. The summed E-state index contributed by atoms with van der Waals surface area (Å²) in [5.74, 6) is 0.413. The Morgan fingerprint density at radius 3 is 2.43 bits per heavy atom. The highest BCUT2D eigenvalue weighted by Gasteiger charge is 2.28.